The second kappa shape index (κ2) is 19.0. The Morgan fingerprint density at radius 2 is 1.17 bits per heavy atom. The van der Waals surface area contributed by atoms with Gasteiger partial charge in [0, 0.05) is 87.5 Å². The van der Waals surface area contributed by atoms with Crippen LogP contribution in [-0.2, 0) is 17.6 Å². The summed E-state index contributed by atoms with van der Waals surface area (Å²) in [6.45, 7) is 9.06. The van der Waals surface area contributed by atoms with Gasteiger partial charge in [-0.3, -0.25) is 25.0 Å². The maximum absolute atomic E-state index is 10.0. The fraction of sp³-hybridized carbons (Fsp3) is 0.222. The monoisotopic (exact) mass is 930 g/mol. The minimum atomic E-state index is 0.320. The molecule has 0 amide bonds. The number of imidazole rings is 1. The molecular formula is C54H54N14O2. The van der Waals surface area contributed by atoms with Crippen LogP contribution in [0.3, 0.4) is 0 Å². The number of nitrogens with zero attached hydrogens (tertiary/aromatic N) is 9. The van der Waals surface area contributed by atoms with E-state index >= 15 is 0 Å². The van der Waals surface area contributed by atoms with Crippen LogP contribution in [0.5, 0.6) is 5.88 Å². The van der Waals surface area contributed by atoms with Crippen molar-refractivity contribution in [3.63, 3.8) is 0 Å². The first-order chi connectivity index (χ1) is 34.2. The Morgan fingerprint density at radius 3 is 1.90 bits per heavy atom. The third-order valence-corrected chi connectivity index (χ3v) is 13.6. The molecule has 0 bridgehead atoms. The molecule has 13 rings (SSSR count). The number of nitrogens with one attached hydrogen (secondary N) is 3. The Morgan fingerprint density at radius 1 is 0.571 bits per heavy atom. The van der Waals surface area contributed by atoms with E-state index in [0.29, 0.717) is 23.7 Å². The maximum atomic E-state index is 10.0. The molecule has 3 aromatic heterocycles. The van der Waals surface area contributed by atoms with Crippen molar-refractivity contribution in [2.45, 2.75) is 12.8 Å². The number of anilines is 4. The minimum absolute atomic E-state index is 0.320. The number of carbonyl (C=O) groups excluding carboxylic acids is 1. The van der Waals surface area contributed by atoms with Crippen LogP contribution < -0.4 is 26.0 Å². The number of nitrogens with two attached hydrogens (primary N) is 2. The van der Waals surface area contributed by atoms with E-state index in [-0.39, 0.29) is 0 Å². The van der Waals surface area contributed by atoms with Gasteiger partial charge in [0.2, 0.25) is 5.88 Å². The lowest BCUT2D eigenvalue weighted by atomic mass is 9.99. The zero-order valence-corrected chi connectivity index (χ0v) is 39.2. The summed E-state index contributed by atoms with van der Waals surface area (Å²) in [7, 11) is 4.36. The number of piperazine rings is 2. The van der Waals surface area contributed by atoms with Crippen molar-refractivity contribution in [1.82, 2.24) is 40.2 Å². The average Bonchev–Trinajstić information content (AvgIpc) is 4.25. The van der Waals surface area contributed by atoms with Crippen molar-refractivity contribution >= 4 is 84.9 Å². The van der Waals surface area contributed by atoms with Crippen LogP contribution in [0.15, 0.2) is 131 Å². The van der Waals surface area contributed by atoms with Crippen molar-refractivity contribution in [3.8, 4) is 17.3 Å². The summed E-state index contributed by atoms with van der Waals surface area (Å²) in [4.78, 5) is 37.7. The highest BCUT2D eigenvalue weighted by Crippen LogP contribution is 2.36. The molecule has 16 heteroatoms. The first-order valence-electron chi connectivity index (χ1n) is 23.6. The molecule has 7 heterocycles. The molecule has 0 saturated carbocycles. The quantitative estimate of drug-likeness (QED) is 0.0768. The molecule has 70 heavy (non-hydrogen) atoms. The second-order valence-electron chi connectivity index (χ2n) is 18.2. The van der Waals surface area contributed by atoms with Crippen LogP contribution in [-0.4, -0.2) is 125 Å². The lowest BCUT2D eigenvalue weighted by Gasteiger charge is -2.34. The summed E-state index contributed by atoms with van der Waals surface area (Å²) < 4.78 is 4.64. The van der Waals surface area contributed by atoms with Gasteiger partial charge < -0.3 is 40.8 Å². The largest absolute Gasteiger partial charge is 0.407 e. The zero-order chi connectivity index (χ0) is 47.7. The molecule has 9 aromatic rings. The highest BCUT2D eigenvalue weighted by atomic mass is 16.5. The Hall–Kier alpha value is -8.34. The molecule has 0 spiro atoms. The number of ether oxygens (including phenoxy) is 1. The number of rotatable bonds is 7. The average molecular weight is 931 g/mol. The Labute approximate surface area is 404 Å². The number of nitrogen functional groups attached to an aromatic ring is 2. The Balaban J connectivity index is 0.000000128. The van der Waals surface area contributed by atoms with Crippen LogP contribution in [0.4, 0.5) is 34.1 Å². The van der Waals surface area contributed by atoms with E-state index in [4.69, 9.17) is 21.5 Å². The molecule has 4 aliphatic rings. The second-order valence-corrected chi connectivity index (χ2v) is 18.2. The molecule has 4 aliphatic heterocycles. The van der Waals surface area contributed by atoms with Gasteiger partial charge in [-0.25, -0.2) is 4.98 Å². The number of aromatic amines is 3. The normalized spacial score (nSPS) is 15.7. The van der Waals surface area contributed by atoms with Gasteiger partial charge in [0.25, 0.3) is 6.47 Å². The van der Waals surface area contributed by atoms with Crippen LogP contribution >= 0.6 is 0 Å². The summed E-state index contributed by atoms with van der Waals surface area (Å²) in [5.41, 5.74) is 29.3. The van der Waals surface area contributed by atoms with E-state index in [0.717, 1.165) is 138 Å². The van der Waals surface area contributed by atoms with E-state index < -0.39 is 0 Å². The number of aliphatic imine (C=N–C) groups is 2. The lowest BCUT2D eigenvalue weighted by Crippen LogP contribution is -2.44. The smallest absolute Gasteiger partial charge is 0.299 e. The van der Waals surface area contributed by atoms with Crippen molar-refractivity contribution in [3.05, 3.63) is 144 Å². The third-order valence-electron chi connectivity index (χ3n) is 13.6. The van der Waals surface area contributed by atoms with Gasteiger partial charge in [-0.1, -0.05) is 36.4 Å². The Kier molecular flexibility index (Phi) is 12.0. The minimum Gasteiger partial charge on any atom is -0.407 e. The predicted octanol–water partition coefficient (Wildman–Crippen LogP) is 7.91. The SMILES string of the molecule is CN1CCN(c2ccc3c(c2)CC(c2ccc4c(c2)CC(c2n[nH]c5ccccc25)=N4)=N3)CC1.CN1CCN(c2ccc3nc(-c4ccc(N)c(N)c4)[nH]c3c2)CC1.O=COc1n[nH]c2ccccc12. The first-order valence-corrected chi connectivity index (χ1v) is 23.6. The summed E-state index contributed by atoms with van der Waals surface area (Å²) in [5.74, 6) is 1.13. The highest BCUT2D eigenvalue weighted by Gasteiger charge is 2.24. The van der Waals surface area contributed by atoms with E-state index in [1.54, 1.807) is 0 Å². The maximum Gasteiger partial charge on any atom is 0.299 e. The fourth-order valence-corrected chi connectivity index (χ4v) is 9.51. The molecule has 2 saturated heterocycles. The van der Waals surface area contributed by atoms with E-state index in [2.05, 4.69) is 136 Å². The van der Waals surface area contributed by atoms with Crippen molar-refractivity contribution < 1.29 is 9.53 Å². The van der Waals surface area contributed by atoms with Gasteiger partial charge in [0.1, 0.15) is 11.5 Å². The molecule has 2 fully saturated rings. The van der Waals surface area contributed by atoms with Gasteiger partial charge in [-0.15, -0.1) is 5.10 Å². The van der Waals surface area contributed by atoms with Gasteiger partial charge in [0.15, 0.2) is 0 Å². The lowest BCUT2D eigenvalue weighted by molar-refractivity contribution is -0.120. The summed E-state index contributed by atoms with van der Waals surface area (Å²) >= 11 is 0. The number of carbonyl (C=O) groups is 1. The van der Waals surface area contributed by atoms with Gasteiger partial charge in [0.05, 0.1) is 61.6 Å². The van der Waals surface area contributed by atoms with Crippen molar-refractivity contribution in [1.29, 1.82) is 0 Å². The van der Waals surface area contributed by atoms with Crippen LogP contribution in [0.2, 0.25) is 0 Å². The molecule has 0 aliphatic carbocycles. The molecule has 0 atom stereocenters. The third kappa shape index (κ3) is 9.04. The zero-order valence-electron chi connectivity index (χ0n) is 39.2. The number of benzene rings is 6. The summed E-state index contributed by atoms with van der Waals surface area (Å²) in [5, 5.41) is 16.2. The van der Waals surface area contributed by atoms with E-state index in [1.807, 2.05) is 54.6 Å². The molecule has 352 valence electrons. The van der Waals surface area contributed by atoms with Crippen LogP contribution in [0.1, 0.15) is 22.4 Å². The van der Waals surface area contributed by atoms with Gasteiger partial charge >= 0.3 is 0 Å². The summed E-state index contributed by atoms with van der Waals surface area (Å²) in [6.07, 6.45) is 1.68. The number of hydrogen-bond donors (Lipinski definition) is 5. The van der Waals surface area contributed by atoms with E-state index in [1.165, 1.54) is 28.1 Å². The van der Waals surface area contributed by atoms with Crippen LogP contribution in [0.25, 0.3) is 44.2 Å². The standard InChI is InChI=1S/C28H26N6.C18H22N6.C8H6N2O2/c1-33-10-12-34(13-11-33)21-7-9-24-20(15-21)16-26(29-24)18-6-8-23-19(14-18)17-27(30-23)28-22-4-2-3-5-25(22)31-32-28;1-23-6-8-24(9-7-23)13-3-5-16-17(11-13)22-18(21-16)12-2-4-14(19)15(20)10-12;11-5-12-8-6-3-1-2-4-7(6)9-10-8/h2-9,14-15H,10-13,16-17H2,1H3,(H,31,32);2-5,10-11H,6-9,19-20H2,1H3,(H,21,22);1-5H,(H,9,10). The predicted molar refractivity (Wildman–Crippen MR) is 281 cm³/mol. The molecule has 16 nitrogen and oxygen atoms in total. The first kappa shape index (κ1) is 44.2. The molecule has 7 N–H and O–H groups in total. The van der Waals surface area contributed by atoms with Crippen molar-refractivity contribution in [2.24, 2.45) is 9.98 Å². The fourth-order valence-electron chi connectivity index (χ4n) is 9.51. The number of hydrogen-bond acceptors (Lipinski definition) is 13. The van der Waals surface area contributed by atoms with E-state index in [9.17, 15) is 4.79 Å². The van der Waals surface area contributed by atoms with Gasteiger partial charge in [-0.2, -0.15) is 5.10 Å². The number of fused-ring (bicyclic) bond motifs is 5. The van der Waals surface area contributed by atoms with Crippen LogP contribution in [0, 0.1) is 0 Å². The molecule has 0 unspecified atom stereocenters. The number of likely N-dealkylation sites (N-methyl/N-ethyl adjacent to an activating group) is 2. The number of para-hydroxylation sites is 2. The molecule has 0 radical (unpaired) electrons. The summed E-state index contributed by atoms with van der Waals surface area (Å²) in [6, 6.07) is 41.0. The molecule has 6 aromatic carbocycles. The Bertz CT molecular complexity index is 3440. The molecular weight excluding hydrogens is 877 g/mol. The highest BCUT2D eigenvalue weighted by molar-refractivity contribution is 6.13. The van der Waals surface area contributed by atoms with Gasteiger partial charge in [-0.05, 0) is 116 Å². The number of aromatic nitrogens is 6. The number of H-pyrrole nitrogens is 3. The topological polar surface area (TPSA) is 202 Å². The van der Waals surface area contributed by atoms with Crippen molar-refractivity contribution in [2.75, 3.05) is 87.7 Å².